The number of nitrogens with one attached hydrogen (secondary N) is 2. The van der Waals surface area contributed by atoms with Crippen LogP contribution in [0.15, 0.2) is 47.4 Å². The Morgan fingerprint density at radius 1 is 1.12 bits per heavy atom. The zero-order chi connectivity index (χ0) is 18.1. The van der Waals surface area contributed by atoms with Crippen LogP contribution in [0.2, 0.25) is 0 Å². The molecule has 0 atom stereocenters. The summed E-state index contributed by atoms with van der Waals surface area (Å²) in [5, 5.41) is 5.63. The van der Waals surface area contributed by atoms with E-state index in [1.54, 1.807) is 29.2 Å². The van der Waals surface area contributed by atoms with Crippen molar-refractivity contribution in [1.29, 1.82) is 0 Å². The van der Waals surface area contributed by atoms with Crippen LogP contribution in [0.3, 0.4) is 0 Å². The molecule has 2 aromatic rings. The molecular weight excluding hydrogens is 350 g/mol. The summed E-state index contributed by atoms with van der Waals surface area (Å²) in [6.07, 6.45) is 1.47. The van der Waals surface area contributed by atoms with E-state index in [1.165, 1.54) is 11.8 Å². The first-order valence-electron chi connectivity index (χ1n) is 8.39. The Balaban J connectivity index is 1.47. The van der Waals surface area contributed by atoms with Gasteiger partial charge in [0, 0.05) is 34.8 Å². The van der Waals surface area contributed by atoms with E-state index in [2.05, 4.69) is 10.6 Å². The molecule has 0 saturated carbocycles. The molecule has 2 aliphatic heterocycles. The number of hydrogen-bond donors (Lipinski definition) is 2. The molecule has 0 aliphatic carbocycles. The summed E-state index contributed by atoms with van der Waals surface area (Å²) >= 11 is 1.46. The summed E-state index contributed by atoms with van der Waals surface area (Å²) < 4.78 is 0. The van der Waals surface area contributed by atoms with Crippen LogP contribution in [0, 0.1) is 0 Å². The highest BCUT2D eigenvalue weighted by molar-refractivity contribution is 8.00. The van der Waals surface area contributed by atoms with Crippen LogP contribution in [0.1, 0.15) is 23.2 Å². The summed E-state index contributed by atoms with van der Waals surface area (Å²) in [5.74, 6) is 0.218. The van der Waals surface area contributed by atoms with E-state index in [0.717, 1.165) is 23.5 Å². The van der Waals surface area contributed by atoms with Crippen molar-refractivity contribution in [2.75, 3.05) is 27.8 Å². The molecule has 0 bridgehead atoms. The highest BCUT2D eigenvalue weighted by Gasteiger charge is 2.21. The third-order valence-electron chi connectivity index (χ3n) is 4.38. The number of benzene rings is 2. The largest absolute Gasteiger partial charge is 0.324 e. The molecule has 6 nitrogen and oxygen atoms in total. The van der Waals surface area contributed by atoms with Crippen molar-refractivity contribution in [1.82, 2.24) is 0 Å². The lowest BCUT2D eigenvalue weighted by Crippen LogP contribution is -2.23. The second-order valence-electron chi connectivity index (χ2n) is 6.20. The molecule has 26 heavy (non-hydrogen) atoms. The van der Waals surface area contributed by atoms with Crippen LogP contribution in [0.25, 0.3) is 0 Å². The third kappa shape index (κ3) is 3.30. The van der Waals surface area contributed by atoms with Gasteiger partial charge >= 0.3 is 0 Å². The summed E-state index contributed by atoms with van der Waals surface area (Å²) in [4.78, 5) is 38.5. The molecule has 4 rings (SSSR count). The Morgan fingerprint density at radius 2 is 1.92 bits per heavy atom. The van der Waals surface area contributed by atoms with Gasteiger partial charge in [0.2, 0.25) is 11.8 Å². The zero-order valence-corrected chi connectivity index (χ0v) is 14.8. The molecule has 2 heterocycles. The van der Waals surface area contributed by atoms with E-state index >= 15 is 0 Å². The molecular formula is C19H17N3O3S. The van der Waals surface area contributed by atoms with Crippen molar-refractivity contribution < 1.29 is 14.4 Å². The Hall–Kier alpha value is -2.80. The monoisotopic (exact) mass is 367 g/mol. The van der Waals surface area contributed by atoms with Gasteiger partial charge in [-0.1, -0.05) is 0 Å². The van der Waals surface area contributed by atoms with Crippen LogP contribution in [-0.4, -0.2) is 30.0 Å². The average Bonchev–Trinajstić information content (AvgIpc) is 3.07. The van der Waals surface area contributed by atoms with Crippen LogP contribution in [0.4, 0.5) is 17.1 Å². The molecule has 7 heteroatoms. The van der Waals surface area contributed by atoms with E-state index in [-0.39, 0.29) is 17.7 Å². The molecule has 132 valence electrons. The van der Waals surface area contributed by atoms with Crippen LogP contribution < -0.4 is 15.5 Å². The summed E-state index contributed by atoms with van der Waals surface area (Å²) in [6.45, 7) is 0.739. The van der Waals surface area contributed by atoms with Crippen molar-refractivity contribution in [3.63, 3.8) is 0 Å². The highest BCUT2D eigenvalue weighted by atomic mass is 32.2. The standard InChI is InChI=1S/C19H17N3O3S/c23-17-11-26-16-8-3-12(10-15(16)21-17)19(25)20-13-4-6-14(7-5-13)22-9-1-2-18(22)24/h3-8,10H,1-2,9,11H2,(H,20,25)(H,21,23). The molecule has 0 spiro atoms. The quantitative estimate of drug-likeness (QED) is 0.874. The van der Waals surface area contributed by atoms with Gasteiger partial charge in [0.25, 0.3) is 5.91 Å². The predicted octanol–water partition coefficient (Wildman–Crippen LogP) is 3.11. The topological polar surface area (TPSA) is 78.5 Å². The molecule has 3 amide bonds. The maximum atomic E-state index is 12.5. The van der Waals surface area contributed by atoms with Gasteiger partial charge in [-0.25, -0.2) is 0 Å². The zero-order valence-electron chi connectivity index (χ0n) is 14.0. The fourth-order valence-corrected chi connectivity index (χ4v) is 3.86. The van der Waals surface area contributed by atoms with Crippen molar-refractivity contribution in [3.8, 4) is 0 Å². The fraction of sp³-hybridized carbons (Fsp3) is 0.211. The van der Waals surface area contributed by atoms with Gasteiger partial charge in [-0.15, -0.1) is 11.8 Å². The van der Waals surface area contributed by atoms with Crippen molar-refractivity contribution in [2.24, 2.45) is 0 Å². The van der Waals surface area contributed by atoms with Gasteiger partial charge in [0.1, 0.15) is 0 Å². The lowest BCUT2D eigenvalue weighted by atomic mass is 10.1. The van der Waals surface area contributed by atoms with E-state index in [1.807, 2.05) is 18.2 Å². The van der Waals surface area contributed by atoms with Gasteiger partial charge in [-0.05, 0) is 48.9 Å². The summed E-state index contributed by atoms with van der Waals surface area (Å²) in [6, 6.07) is 12.5. The highest BCUT2D eigenvalue weighted by Crippen LogP contribution is 2.32. The molecule has 2 aliphatic rings. The first kappa shape index (κ1) is 16.7. The summed E-state index contributed by atoms with van der Waals surface area (Å²) in [5.41, 5.74) is 2.65. The number of carbonyl (C=O) groups is 3. The number of amides is 3. The number of thioether (sulfide) groups is 1. The average molecular weight is 367 g/mol. The van der Waals surface area contributed by atoms with E-state index < -0.39 is 0 Å². The van der Waals surface area contributed by atoms with E-state index in [0.29, 0.717) is 29.1 Å². The lowest BCUT2D eigenvalue weighted by Gasteiger charge is -2.17. The number of fused-ring (bicyclic) bond motifs is 1. The number of anilines is 3. The number of hydrogen-bond acceptors (Lipinski definition) is 4. The second-order valence-corrected chi connectivity index (χ2v) is 7.21. The van der Waals surface area contributed by atoms with Gasteiger partial charge in [-0.2, -0.15) is 0 Å². The molecule has 1 fully saturated rings. The predicted molar refractivity (Wildman–Crippen MR) is 102 cm³/mol. The first-order valence-corrected chi connectivity index (χ1v) is 9.37. The SMILES string of the molecule is O=C1CSc2ccc(C(=O)Nc3ccc(N4CCCC4=O)cc3)cc2N1. The molecule has 0 unspecified atom stereocenters. The molecule has 1 saturated heterocycles. The third-order valence-corrected chi connectivity index (χ3v) is 5.46. The Labute approximate surface area is 154 Å². The van der Waals surface area contributed by atoms with Crippen LogP contribution in [-0.2, 0) is 9.59 Å². The maximum absolute atomic E-state index is 12.5. The van der Waals surface area contributed by atoms with Gasteiger partial charge in [0.15, 0.2) is 0 Å². The molecule has 2 aromatic carbocycles. The Morgan fingerprint density at radius 3 is 2.65 bits per heavy atom. The normalized spacial score (nSPS) is 16.2. The van der Waals surface area contributed by atoms with Crippen LogP contribution in [0.5, 0.6) is 0 Å². The first-order chi connectivity index (χ1) is 12.6. The Kier molecular flexibility index (Phi) is 4.38. The van der Waals surface area contributed by atoms with Crippen molar-refractivity contribution >= 4 is 46.5 Å². The smallest absolute Gasteiger partial charge is 0.255 e. The lowest BCUT2D eigenvalue weighted by molar-refractivity contribution is -0.117. The molecule has 0 radical (unpaired) electrons. The summed E-state index contributed by atoms with van der Waals surface area (Å²) in [7, 11) is 0. The van der Waals surface area contributed by atoms with E-state index in [9.17, 15) is 14.4 Å². The second kappa shape index (κ2) is 6.84. The number of rotatable bonds is 3. The van der Waals surface area contributed by atoms with Gasteiger partial charge in [0.05, 0.1) is 11.4 Å². The molecule has 0 aromatic heterocycles. The fourth-order valence-electron chi connectivity index (χ4n) is 3.07. The Bertz CT molecular complexity index is 895. The van der Waals surface area contributed by atoms with Crippen LogP contribution >= 0.6 is 11.8 Å². The minimum atomic E-state index is -0.248. The minimum Gasteiger partial charge on any atom is -0.324 e. The van der Waals surface area contributed by atoms with Gasteiger partial charge in [-0.3, -0.25) is 14.4 Å². The minimum absolute atomic E-state index is 0.0629. The maximum Gasteiger partial charge on any atom is 0.255 e. The van der Waals surface area contributed by atoms with Crippen molar-refractivity contribution in [2.45, 2.75) is 17.7 Å². The number of nitrogens with zero attached hydrogens (tertiary/aromatic N) is 1. The molecule has 2 N–H and O–H groups in total. The number of carbonyl (C=O) groups excluding carboxylic acids is 3. The van der Waals surface area contributed by atoms with E-state index in [4.69, 9.17) is 0 Å². The van der Waals surface area contributed by atoms with Gasteiger partial charge < -0.3 is 15.5 Å². The van der Waals surface area contributed by atoms with Crippen molar-refractivity contribution in [3.05, 3.63) is 48.0 Å².